The summed E-state index contributed by atoms with van der Waals surface area (Å²) >= 11 is 0. The van der Waals surface area contributed by atoms with Gasteiger partial charge in [-0.2, -0.15) is 0 Å². The molecule has 0 aliphatic carbocycles. The molecule has 1 atom stereocenters. The first-order chi connectivity index (χ1) is 12.5. The standard InChI is InChI=1S/C20H30N2O4/c1-16-7-3-4-9-19(16)26-14-6-12-21-11-5-8-18(10-13-21)22(17(2)23)15-20(24)25/h3-4,7,9,18H,5-6,8,10-15H2,1-2H3,(H,24,25)/t18-/m0/s1. The fourth-order valence-corrected chi connectivity index (χ4v) is 3.51. The fraction of sp³-hybridized carbons (Fsp3) is 0.600. The lowest BCUT2D eigenvalue weighted by Crippen LogP contribution is -2.42. The van der Waals surface area contributed by atoms with Crippen molar-refractivity contribution < 1.29 is 19.4 Å². The minimum atomic E-state index is -0.949. The van der Waals surface area contributed by atoms with Crippen molar-refractivity contribution in [3.05, 3.63) is 29.8 Å². The van der Waals surface area contributed by atoms with Crippen molar-refractivity contribution in [2.24, 2.45) is 0 Å². The maximum atomic E-state index is 11.8. The minimum Gasteiger partial charge on any atom is -0.493 e. The molecule has 2 rings (SSSR count). The molecule has 0 aromatic heterocycles. The summed E-state index contributed by atoms with van der Waals surface area (Å²) in [5.74, 6) is -0.165. The molecule has 1 aromatic rings. The number of carbonyl (C=O) groups is 2. The molecule has 0 saturated carbocycles. The molecule has 1 saturated heterocycles. The second-order valence-corrected chi connectivity index (χ2v) is 6.93. The molecule has 1 aliphatic heterocycles. The highest BCUT2D eigenvalue weighted by Gasteiger charge is 2.25. The van der Waals surface area contributed by atoms with Gasteiger partial charge in [0.05, 0.1) is 6.61 Å². The van der Waals surface area contributed by atoms with Gasteiger partial charge in [-0.1, -0.05) is 18.2 Å². The van der Waals surface area contributed by atoms with Crippen molar-refractivity contribution in [1.29, 1.82) is 0 Å². The third-order valence-electron chi connectivity index (χ3n) is 4.91. The number of likely N-dealkylation sites (tertiary alicyclic amines) is 1. The first-order valence-electron chi connectivity index (χ1n) is 9.37. The highest BCUT2D eigenvalue weighted by Crippen LogP contribution is 2.18. The van der Waals surface area contributed by atoms with Crippen molar-refractivity contribution in [3.8, 4) is 5.75 Å². The Morgan fingerprint density at radius 1 is 1.27 bits per heavy atom. The van der Waals surface area contributed by atoms with E-state index in [2.05, 4.69) is 4.90 Å². The van der Waals surface area contributed by atoms with E-state index < -0.39 is 5.97 Å². The smallest absolute Gasteiger partial charge is 0.323 e. The van der Waals surface area contributed by atoms with Crippen LogP contribution >= 0.6 is 0 Å². The number of amides is 1. The van der Waals surface area contributed by atoms with Gasteiger partial charge in [0.25, 0.3) is 0 Å². The number of benzene rings is 1. The van der Waals surface area contributed by atoms with Crippen LogP contribution in [-0.2, 0) is 9.59 Å². The summed E-state index contributed by atoms with van der Waals surface area (Å²) in [5.41, 5.74) is 1.15. The molecule has 1 amide bonds. The van der Waals surface area contributed by atoms with Gasteiger partial charge in [-0.05, 0) is 50.8 Å². The van der Waals surface area contributed by atoms with Crippen LogP contribution in [0, 0.1) is 6.92 Å². The lowest BCUT2D eigenvalue weighted by molar-refractivity contribution is -0.145. The van der Waals surface area contributed by atoms with Crippen LogP contribution in [0.1, 0.15) is 38.2 Å². The third-order valence-corrected chi connectivity index (χ3v) is 4.91. The first kappa shape index (κ1) is 20.2. The van der Waals surface area contributed by atoms with E-state index in [1.807, 2.05) is 31.2 Å². The zero-order valence-corrected chi connectivity index (χ0v) is 15.8. The molecule has 0 spiro atoms. The summed E-state index contributed by atoms with van der Waals surface area (Å²) in [7, 11) is 0. The Bertz CT molecular complexity index is 605. The number of aryl methyl sites for hydroxylation is 1. The average Bonchev–Trinajstić information content (AvgIpc) is 2.83. The number of hydrogen-bond donors (Lipinski definition) is 1. The van der Waals surface area contributed by atoms with Crippen LogP contribution in [-0.4, -0.2) is 65.6 Å². The number of carbonyl (C=O) groups excluding carboxylic acids is 1. The Hall–Kier alpha value is -2.08. The van der Waals surface area contributed by atoms with Gasteiger partial charge in [-0.3, -0.25) is 9.59 Å². The van der Waals surface area contributed by atoms with E-state index in [4.69, 9.17) is 9.84 Å². The van der Waals surface area contributed by atoms with Gasteiger partial charge in [0.2, 0.25) is 5.91 Å². The predicted molar refractivity (Wildman–Crippen MR) is 100 cm³/mol. The topological polar surface area (TPSA) is 70.1 Å². The number of para-hydroxylation sites is 1. The summed E-state index contributed by atoms with van der Waals surface area (Å²) in [6.07, 6.45) is 3.62. The second-order valence-electron chi connectivity index (χ2n) is 6.93. The van der Waals surface area contributed by atoms with Gasteiger partial charge in [0, 0.05) is 26.1 Å². The van der Waals surface area contributed by atoms with Gasteiger partial charge in [0.1, 0.15) is 12.3 Å². The summed E-state index contributed by atoms with van der Waals surface area (Å²) in [6.45, 7) is 6.81. The Morgan fingerprint density at radius 2 is 2.04 bits per heavy atom. The van der Waals surface area contributed by atoms with Gasteiger partial charge in [-0.15, -0.1) is 0 Å². The molecule has 6 heteroatoms. The number of rotatable bonds is 8. The molecule has 1 aromatic carbocycles. The summed E-state index contributed by atoms with van der Waals surface area (Å²) in [4.78, 5) is 26.7. The molecule has 1 aliphatic rings. The molecule has 0 bridgehead atoms. The van der Waals surface area contributed by atoms with E-state index >= 15 is 0 Å². The highest BCUT2D eigenvalue weighted by molar-refractivity contribution is 5.79. The van der Waals surface area contributed by atoms with Crippen molar-refractivity contribution >= 4 is 11.9 Å². The first-order valence-corrected chi connectivity index (χ1v) is 9.37. The van der Waals surface area contributed by atoms with Gasteiger partial charge in [0.15, 0.2) is 0 Å². The number of ether oxygens (including phenoxy) is 1. The van der Waals surface area contributed by atoms with Crippen LogP contribution in [0.25, 0.3) is 0 Å². The van der Waals surface area contributed by atoms with E-state index in [0.29, 0.717) is 6.61 Å². The average molecular weight is 362 g/mol. The van der Waals surface area contributed by atoms with Gasteiger partial charge < -0.3 is 19.6 Å². The molecular weight excluding hydrogens is 332 g/mol. The normalized spacial score (nSPS) is 18.2. The zero-order valence-electron chi connectivity index (χ0n) is 15.8. The number of aliphatic carboxylic acids is 1. The molecule has 1 N–H and O–H groups in total. The molecular formula is C20H30N2O4. The number of carboxylic acids is 1. The largest absolute Gasteiger partial charge is 0.493 e. The van der Waals surface area contributed by atoms with Crippen LogP contribution in [0.4, 0.5) is 0 Å². The van der Waals surface area contributed by atoms with Gasteiger partial charge >= 0.3 is 5.97 Å². The van der Waals surface area contributed by atoms with E-state index in [1.165, 1.54) is 11.8 Å². The van der Waals surface area contributed by atoms with Crippen LogP contribution < -0.4 is 4.74 Å². The maximum Gasteiger partial charge on any atom is 0.323 e. The van der Waals surface area contributed by atoms with Gasteiger partial charge in [-0.25, -0.2) is 0 Å². The molecule has 26 heavy (non-hydrogen) atoms. The summed E-state index contributed by atoms with van der Waals surface area (Å²) in [6, 6.07) is 8.05. The zero-order chi connectivity index (χ0) is 18.9. The third kappa shape index (κ3) is 6.33. The second kappa shape index (κ2) is 10.2. The summed E-state index contributed by atoms with van der Waals surface area (Å²) in [5, 5.41) is 9.02. The highest BCUT2D eigenvalue weighted by atomic mass is 16.5. The van der Waals surface area contributed by atoms with Crippen molar-refractivity contribution in [2.75, 3.05) is 32.8 Å². The van der Waals surface area contributed by atoms with Crippen molar-refractivity contribution in [2.45, 2.75) is 45.6 Å². The lowest BCUT2D eigenvalue weighted by atomic mass is 10.1. The van der Waals surface area contributed by atoms with Crippen molar-refractivity contribution in [3.63, 3.8) is 0 Å². The van der Waals surface area contributed by atoms with E-state index in [9.17, 15) is 9.59 Å². The monoisotopic (exact) mass is 362 g/mol. The van der Waals surface area contributed by atoms with E-state index in [-0.39, 0.29) is 18.5 Å². The summed E-state index contributed by atoms with van der Waals surface area (Å²) < 4.78 is 5.85. The Labute approximate surface area is 155 Å². The minimum absolute atomic E-state index is 0.0248. The molecule has 6 nitrogen and oxygen atoms in total. The molecule has 0 unspecified atom stereocenters. The number of nitrogens with zero attached hydrogens (tertiary/aromatic N) is 2. The quantitative estimate of drug-likeness (QED) is 0.720. The van der Waals surface area contributed by atoms with E-state index in [0.717, 1.165) is 56.6 Å². The maximum absolute atomic E-state index is 11.8. The molecule has 1 fully saturated rings. The van der Waals surface area contributed by atoms with Crippen molar-refractivity contribution in [1.82, 2.24) is 9.80 Å². The Balaban J connectivity index is 1.75. The Kier molecular flexibility index (Phi) is 7.91. The molecule has 144 valence electrons. The van der Waals surface area contributed by atoms with E-state index in [1.54, 1.807) is 0 Å². The Morgan fingerprint density at radius 3 is 2.73 bits per heavy atom. The lowest BCUT2D eigenvalue weighted by Gasteiger charge is -2.29. The van der Waals surface area contributed by atoms with Crippen LogP contribution in [0.5, 0.6) is 5.75 Å². The molecule has 1 heterocycles. The SMILES string of the molecule is CC(=O)N(CC(=O)O)[C@H]1CCCN(CCCOc2ccccc2C)CC1. The number of carboxylic acid groups (broad SMARTS) is 1. The van der Waals surface area contributed by atoms with Crippen LogP contribution in [0.2, 0.25) is 0 Å². The predicted octanol–water partition coefficient (Wildman–Crippen LogP) is 2.55. The van der Waals surface area contributed by atoms with Crippen LogP contribution in [0.15, 0.2) is 24.3 Å². The number of hydrogen-bond acceptors (Lipinski definition) is 4. The van der Waals surface area contributed by atoms with Crippen LogP contribution in [0.3, 0.4) is 0 Å². The fourth-order valence-electron chi connectivity index (χ4n) is 3.51. The molecule has 0 radical (unpaired) electrons.